The lowest BCUT2D eigenvalue weighted by atomic mass is 9.44. The Labute approximate surface area is 176 Å². The van der Waals surface area contributed by atoms with Gasteiger partial charge in [0.25, 0.3) is 11.8 Å². The van der Waals surface area contributed by atoms with Crippen LogP contribution in [0.15, 0.2) is 24.4 Å². The average Bonchev–Trinajstić information content (AvgIpc) is 3.09. The average molecular weight is 438 g/mol. The molecular weight excluding hydrogens is 417 g/mol. The molecule has 1 heterocycles. The highest BCUT2D eigenvalue weighted by Crippen LogP contribution is 2.60. The Morgan fingerprint density at radius 1 is 1.28 bits per heavy atom. The van der Waals surface area contributed by atoms with E-state index in [1.54, 1.807) is 6.20 Å². The van der Waals surface area contributed by atoms with Gasteiger partial charge in [-0.05, 0) is 44.2 Å². The maximum Gasteiger partial charge on any atom is 0.263 e. The van der Waals surface area contributed by atoms with Gasteiger partial charge in [-0.25, -0.2) is 9.37 Å². The van der Waals surface area contributed by atoms with Gasteiger partial charge >= 0.3 is 0 Å². The predicted molar refractivity (Wildman–Crippen MR) is 108 cm³/mol. The Kier molecular flexibility index (Phi) is 5.25. The molecule has 0 spiro atoms. The van der Waals surface area contributed by atoms with Gasteiger partial charge in [-0.2, -0.15) is 0 Å². The van der Waals surface area contributed by atoms with Crippen molar-refractivity contribution in [1.29, 1.82) is 0 Å². The van der Waals surface area contributed by atoms with E-state index >= 15 is 0 Å². The number of carbonyl (C=O) groups excluding carboxylic acids is 2. The number of thiazole rings is 1. The normalized spacial score (nSPS) is 24.2. The summed E-state index contributed by atoms with van der Waals surface area (Å²) in [4.78, 5) is 29.5. The van der Waals surface area contributed by atoms with Crippen LogP contribution in [-0.4, -0.2) is 34.5 Å². The number of aromatic nitrogens is 1. The molecule has 2 bridgehead atoms. The fraction of sp³-hybridized carbons (Fsp3) is 0.450. The van der Waals surface area contributed by atoms with Crippen LogP contribution in [0.4, 0.5) is 4.39 Å². The molecule has 2 aromatic rings. The first kappa shape index (κ1) is 20.1. The lowest BCUT2D eigenvalue weighted by Crippen LogP contribution is -2.84. The molecular formula is C20H21ClFN3O3S. The monoisotopic (exact) mass is 437 g/mol. The minimum atomic E-state index is -0.593. The molecule has 6 nitrogen and oxygen atoms in total. The molecule has 1 aromatic carbocycles. The molecule has 1 aromatic heterocycles. The largest absolute Gasteiger partial charge is 0.484 e. The number of benzene rings is 1. The van der Waals surface area contributed by atoms with E-state index in [4.69, 9.17) is 16.3 Å². The van der Waals surface area contributed by atoms with Crippen molar-refractivity contribution in [2.75, 3.05) is 6.61 Å². The number of halogens is 2. The third-order valence-corrected chi connectivity index (χ3v) is 6.68. The number of hydrogen-bond donors (Lipinski definition) is 2. The first-order chi connectivity index (χ1) is 13.8. The van der Waals surface area contributed by atoms with E-state index in [1.165, 1.54) is 23.5 Å². The predicted octanol–water partition coefficient (Wildman–Crippen LogP) is 3.49. The molecule has 3 aliphatic rings. The molecule has 3 saturated carbocycles. The molecule has 0 unspecified atom stereocenters. The highest BCUT2D eigenvalue weighted by atomic mass is 35.5. The van der Waals surface area contributed by atoms with Gasteiger partial charge in [0.1, 0.15) is 16.4 Å². The molecule has 0 atom stereocenters. The zero-order chi connectivity index (χ0) is 20.6. The molecule has 29 heavy (non-hydrogen) atoms. The molecule has 3 aliphatic carbocycles. The summed E-state index contributed by atoms with van der Waals surface area (Å²) in [5, 5.41) is 7.04. The van der Waals surface area contributed by atoms with Crippen LogP contribution in [0.3, 0.4) is 0 Å². The second-order valence-electron chi connectivity index (χ2n) is 7.83. The molecule has 154 valence electrons. The van der Waals surface area contributed by atoms with Crippen LogP contribution in [0.2, 0.25) is 5.02 Å². The molecule has 9 heteroatoms. The van der Waals surface area contributed by atoms with Crippen LogP contribution in [0.1, 0.15) is 47.3 Å². The lowest BCUT2D eigenvalue weighted by Gasteiger charge is -2.70. The van der Waals surface area contributed by atoms with Crippen molar-refractivity contribution >= 4 is 34.8 Å². The third kappa shape index (κ3) is 4.09. The Bertz CT molecular complexity index is 944. The zero-order valence-electron chi connectivity index (χ0n) is 15.9. The molecule has 2 amide bonds. The fourth-order valence-corrected chi connectivity index (χ4v) is 5.18. The second-order valence-corrected chi connectivity index (χ2v) is 9.35. The summed E-state index contributed by atoms with van der Waals surface area (Å²) in [6, 6.07) is 4.04. The van der Waals surface area contributed by atoms with Gasteiger partial charge in [-0.15, -0.1) is 11.3 Å². The van der Waals surface area contributed by atoms with Crippen molar-refractivity contribution in [3.63, 3.8) is 0 Å². The van der Waals surface area contributed by atoms with E-state index in [0.29, 0.717) is 24.1 Å². The summed E-state index contributed by atoms with van der Waals surface area (Å²) in [5.41, 5.74) is -0.514. The summed E-state index contributed by atoms with van der Waals surface area (Å²) in [6.45, 7) is 1.87. The van der Waals surface area contributed by atoms with Gasteiger partial charge in [0.05, 0.1) is 16.2 Å². The van der Waals surface area contributed by atoms with Gasteiger partial charge in [0, 0.05) is 17.1 Å². The number of rotatable bonds is 8. The minimum Gasteiger partial charge on any atom is -0.484 e. The standard InChI is InChI=1S/C20H21ClFN3O3S/c1-2-3-17-23-7-15(29-17)18(27)25-20-9-19(10-20,11-20)24-16(26)8-28-12-4-5-13(21)14(22)6-12/h4-7H,2-3,8-11H2,1H3,(H,24,26)(H,25,27). The van der Waals surface area contributed by atoms with Crippen molar-refractivity contribution in [1.82, 2.24) is 15.6 Å². The van der Waals surface area contributed by atoms with Crippen molar-refractivity contribution in [3.8, 4) is 5.75 Å². The maximum atomic E-state index is 13.4. The van der Waals surface area contributed by atoms with Gasteiger partial charge < -0.3 is 15.4 Å². The number of ether oxygens (including phenoxy) is 1. The van der Waals surface area contributed by atoms with E-state index in [2.05, 4.69) is 22.5 Å². The number of aryl methyl sites for hydroxylation is 1. The highest BCUT2D eigenvalue weighted by molar-refractivity contribution is 7.13. The Morgan fingerprint density at radius 2 is 2.00 bits per heavy atom. The summed E-state index contributed by atoms with van der Waals surface area (Å²) in [6.07, 6.45) is 5.61. The van der Waals surface area contributed by atoms with Crippen molar-refractivity contribution in [3.05, 3.63) is 45.1 Å². The minimum absolute atomic E-state index is 0.00271. The van der Waals surface area contributed by atoms with E-state index in [9.17, 15) is 14.0 Å². The van der Waals surface area contributed by atoms with E-state index in [-0.39, 0.29) is 40.3 Å². The van der Waals surface area contributed by atoms with E-state index < -0.39 is 5.82 Å². The van der Waals surface area contributed by atoms with Crippen molar-refractivity contribution < 1.29 is 18.7 Å². The van der Waals surface area contributed by atoms with Gasteiger partial charge in [-0.3, -0.25) is 9.59 Å². The van der Waals surface area contributed by atoms with Crippen LogP contribution in [0.25, 0.3) is 0 Å². The van der Waals surface area contributed by atoms with Crippen LogP contribution >= 0.6 is 22.9 Å². The summed E-state index contributed by atoms with van der Waals surface area (Å²) in [7, 11) is 0. The molecule has 0 aliphatic heterocycles. The molecule has 0 saturated heterocycles. The molecule has 0 radical (unpaired) electrons. The molecule has 3 fully saturated rings. The number of carbonyl (C=O) groups is 2. The Hall–Kier alpha value is -2.19. The fourth-order valence-electron chi connectivity index (χ4n) is 4.15. The van der Waals surface area contributed by atoms with Crippen molar-refractivity contribution in [2.24, 2.45) is 0 Å². The summed E-state index contributed by atoms with van der Waals surface area (Å²) < 4.78 is 18.7. The summed E-state index contributed by atoms with van der Waals surface area (Å²) in [5.74, 6) is -0.718. The van der Waals surface area contributed by atoms with Gasteiger partial charge in [0.2, 0.25) is 0 Å². The van der Waals surface area contributed by atoms with Gasteiger partial charge in [0.15, 0.2) is 6.61 Å². The number of nitrogens with zero attached hydrogens (tertiary/aromatic N) is 1. The van der Waals surface area contributed by atoms with Crippen LogP contribution in [0, 0.1) is 5.82 Å². The van der Waals surface area contributed by atoms with Crippen LogP contribution in [0.5, 0.6) is 5.75 Å². The molecule has 2 N–H and O–H groups in total. The topological polar surface area (TPSA) is 80.3 Å². The van der Waals surface area contributed by atoms with Crippen LogP contribution in [-0.2, 0) is 11.2 Å². The number of amides is 2. The smallest absolute Gasteiger partial charge is 0.263 e. The van der Waals surface area contributed by atoms with Crippen molar-refractivity contribution in [2.45, 2.75) is 50.1 Å². The zero-order valence-corrected chi connectivity index (χ0v) is 17.5. The maximum absolute atomic E-state index is 13.4. The highest BCUT2D eigenvalue weighted by Gasteiger charge is 2.69. The molecule has 5 rings (SSSR count). The first-order valence-electron chi connectivity index (χ1n) is 9.48. The number of hydrogen-bond acceptors (Lipinski definition) is 5. The third-order valence-electron chi connectivity index (χ3n) is 5.32. The van der Waals surface area contributed by atoms with Crippen LogP contribution < -0.4 is 15.4 Å². The quantitative estimate of drug-likeness (QED) is 0.662. The second kappa shape index (κ2) is 7.57. The first-order valence-corrected chi connectivity index (χ1v) is 10.7. The Balaban J connectivity index is 1.22. The summed E-state index contributed by atoms with van der Waals surface area (Å²) >= 11 is 7.05. The lowest BCUT2D eigenvalue weighted by molar-refractivity contribution is -0.141. The SMILES string of the molecule is CCCc1ncc(C(=O)NC23CC(NC(=O)COc4ccc(Cl)c(F)c4)(C2)C3)s1. The van der Waals surface area contributed by atoms with E-state index in [0.717, 1.165) is 23.9 Å². The van der Waals surface area contributed by atoms with Gasteiger partial charge in [-0.1, -0.05) is 18.5 Å². The Morgan fingerprint density at radius 3 is 2.69 bits per heavy atom. The van der Waals surface area contributed by atoms with E-state index in [1.807, 2.05) is 0 Å². The number of nitrogens with one attached hydrogen (secondary N) is 2.